The SMILES string of the molecule is COc1cc(C)cc(-[n+]2c3cc(C)cc(OC)c3c(-c3c(C)cc(C)cc3C)c3c(OC)cc(C)cc32)c1.COc1cc(C)cc2c1c(-c1c(C)cc(C)cc1C)c1c(OC)cc(C)cc1[n+]2-c1ccccc1.Cc1cc(C)c(-c2c3cc(C)ccc3[n+](-c3ccccc3)c3ccc(C)cc23)c(C)c1.Cc1cc(C)c(-c2c3ccc(C)cc3[n+](-c3ccccc3)c3cc(C(C)(C)C)ccc23)c(C)c1. The van der Waals surface area contributed by atoms with Gasteiger partial charge in [0.25, 0.3) is 0 Å². The maximum Gasteiger partial charge on any atom is 0.223 e. The highest BCUT2D eigenvalue weighted by atomic mass is 16.5. The van der Waals surface area contributed by atoms with Crippen LogP contribution in [0.25, 0.3) is 154 Å². The van der Waals surface area contributed by atoms with E-state index in [9.17, 15) is 0 Å². The highest BCUT2D eigenvalue weighted by Crippen LogP contribution is 2.51. The van der Waals surface area contributed by atoms with Gasteiger partial charge in [0.05, 0.1) is 84.7 Å². The fraction of sp³-hybridized carbons (Fsp3) is 0.225. The predicted molar refractivity (Wildman–Crippen MR) is 580 cm³/mol. The Morgan fingerprint density at radius 2 is 0.442 bits per heavy atom. The van der Waals surface area contributed by atoms with Gasteiger partial charge in [0.1, 0.15) is 28.7 Å². The van der Waals surface area contributed by atoms with Gasteiger partial charge in [0, 0.05) is 113 Å². The summed E-state index contributed by atoms with van der Waals surface area (Å²) in [5.74, 6) is 4.23. The molecule has 16 aromatic carbocycles. The van der Waals surface area contributed by atoms with Crippen molar-refractivity contribution in [2.45, 2.75) is 165 Å². The molecule has 0 unspecified atom stereocenters. The molecule has 0 aliphatic carbocycles. The van der Waals surface area contributed by atoms with E-state index in [1.807, 2.05) is 0 Å². The second-order valence-electron chi connectivity index (χ2n) is 39.6. The van der Waals surface area contributed by atoms with E-state index in [1.165, 1.54) is 177 Å². The number of aromatic nitrogens is 4. The van der Waals surface area contributed by atoms with Gasteiger partial charge in [-0.1, -0.05) is 182 Å². The van der Waals surface area contributed by atoms with Crippen LogP contribution in [0, 0.1) is 138 Å². The largest absolute Gasteiger partial charge is 0.496 e. The van der Waals surface area contributed by atoms with Gasteiger partial charge in [-0.25, -0.2) is 0 Å². The number of para-hydroxylation sites is 3. The highest BCUT2D eigenvalue weighted by molar-refractivity contribution is 6.16. The summed E-state index contributed by atoms with van der Waals surface area (Å²) in [7, 11) is 8.74. The second-order valence-corrected chi connectivity index (χ2v) is 39.6. The molecule has 9 heteroatoms. The average molecular weight is 1820 g/mol. The molecule has 0 saturated carbocycles. The van der Waals surface area contributed by atoms with Gasteiger partial charge < -0.3 is 23.7 Å². The van der Waals surface area contributed by atoms with Gasteiger partial charge in [-0.2, -0.15) is 18.3 Å². The topological polar surface area (TPSA) is 61.7 Å². The van der Waals surface area contributed by atoms with E-state index < -0.39 is 0 Å². The van der Waals surface area contributed by atoms with Gasteiger partial charge >= 0.3 is 0 Å². The van der Waals surface area contributed by atoms with Crippen LogP contribution in [0.3, 0.4) is 0 Å². The first kappa shape index (κ1) is 94.9. The Balaban J connectivity index is 0.000000128. The molecule has 0 fully saturated rings. The normalized spacial score (nSPS) is 11.5. The summed E-state index contributed by atoms with van der Waals surface area (Å²) >= 11 is 0. The van der Waals surface area contributed by atoms with E-state index in [4.69, 9.17) is 23.7 Å². The Hall–Kier alpha value is -14.8. The van der Waals surface area contributed by atoms with Crippen molar-refractivity contribution in [2.75, 3.05) is 35.5 Å². The first-order chi connectivity index (χ1) is 66.1. The molecule has 0 aliphatic rings. The minimum absolute atomic E-state index is 0.0696. The first-order valence-electron chi connectivity index (χ1n) is 48.1. The van der Waals surface area contributed by atoms with Crippen molar-refractivity contribution in [1.82, 2.24) is 0 Å². The number of rotatable bonds is 13. The molecule has 20 aromatic rings. The smallest absolute Gasteiger partial charge is 0.223 e. The summed E-state index contributed by atoms with van der Waals surface area (Å²) in [6.45, 7) is 50.5. The Morgan fingerprint density at radius 1 is 0.181 bits per heavy atom. The van der Waals surface area contributed by atoms with E-state index in [2.05, 4.69) is 457 Å². The maximum absolute atomic E-state index is 6.10. The summed E-state index contributed by atoms with van der Waals surface area (Å²) < 4.78 is 39.5. The van der Waals surface area contributed by atoms with Crippen LogP contribution < -0.4 is 42.0 Å². The average Bonchev–Trinajstić information content (AvgIpc) is 0.726. The van der Waals surface area contributed by atoms with E-state index in [-0.39, 0.29) is 5.41 Å². The molecular formula is C129H130N4O5+4. The Labute approximate surface area is 815 Å². The van der Waals surface area contributed by atoms with E-state index in [0.29, 0.717) is 0 Å². The number of hydrogen-bond donors (Lipinski definition) is 0. The summed E-state index contributed by atoms with van der Waals surface area (Å²) in [6, 6.07) is 102. The molecule has 0 spiro atoms. The van der Waals surface area contributed by atoms with Crippen molar-refractivity contribution < 1.29 is 42.0 Å². The van der Waals surface area contributed by atoms with Crippen molar-refractivity contribution in [3.05, 3.63) is 396 Å². The van der Waals surface area contributed by atoms with Gasteiger partial charge in [-0.3, -0.25) is 0 Å². The zero-order valence-electron chi connectivity index (χ0n) is 85.9. The van der Waals surface area contributed by atoms with Crippen molar-refractivity contribution in [3.8, 4) is 96.0 Å². The molecule has 0 amide bonds. The lowest BCUT2D eigenvalue weighted by molar-refractivity contribution is -0.538. The number of hydrogen-bond acceptors (Lipinski definition) is 5. The molecule has 0 bridgehead atoms. The summed E-state index contributed by atoms with van der Waals surface area (Å²) in [5.41, 5.74) is 50.4. The van der Waals surface area contributed by atoms with Gasteiger partial charge in [0.15, 0.2) is 0 Å². The van der Waals surface area contributed by atoms with Crippen LogP contribution in [0.15, 0.2) is 279 Å². The van der Waals surface area contributed by atoms with Gasteiger partial charge in [0.2, 0.25) is 66.9 Å². The predicted octanol–water partition coefficient (Wildman–Crippen LogP) is 31.3. The minimum atomic E-state index is 0.0696. The molecule has 0 N–H and O–H groups in total. The standard InChI is InChI=1S/C34H36NO3.C33H34N.C32H32NO2.C30H28N/c1-19-10-23(5)31(24(6)11-19)34-32-27(14-21(3)16-29(32)37-8)35(25-12-20(2)13-26(18-25)36-7)28-15-22(4)17-30(38-9)33(28)34;1-21-13-15-27-29(19-21)34(26-11-9-8-10-12-26)30-20-25(33(5,6)7)14-16-28(30)32(27)31-23(3)17-22(2)18-24(31)4;1-19-13-22(4)29(23(5)14-19)32-30-25(15-20(2)17-27(30)34-6)33(24-11-9-8-10-12-24)26-16-21(3)18-28(35-7)31(26)32;1-19-11-13-27-25(17-19)30(29-22(4)15-21(3)16-23(29)5)26-18-20(2)12-14-28(26)31(27)24-9-7-6-8-10-24/h10-18H,1-9H3;8-20H,1-7H3;8-18H,1-7H3;6-18H,1-5H3/q4*+1. The fourth-order valence-corrected chi connectivity index (χ4v) is 22.0. The molecular weight excluding hydrogens is 1690 g/mol. The van der Waals surface area contributed by atoms with E-state index in [0.717, 1.165) is 123 Å². The third kappa shape index (κ3) is 17.9. The van der Waals surface area contributed by atoms with Crippen molar-refractivity contribution >= 4 is 87.2 Å². The summed E-state index contributed by atoms with van der Waals surface area (Å²) in [5, 5.41) is 9.49. The number of fused-ring (bicyclic) bond motifs is 8. The minimum Gasteiger partial charge on any atom is -0.496 e. The Kier molecular flexibility index (Phi) is 26.4. The summed E-state index contributed by atoms with van der Waals surface area (Å²) in [6.07, 6.45) is 0. The molecule has 20 rings (SSSR count). The quantitative estimate of drug-likeness (QED) is 0.0850. The van der Waals surface area contributed by atoms with E-state index >= 15 is 0 Å². The Morgan fingerprint density at radius 3 is 0.768 bits per heavy atom. The van der Waals surface area contributed by atoms with Gasteiger partial charge in [-0.15, -0.1) is 0 Å². The van der Waals surface area contributed by atoms with Gasteiger partial charge in [-0.05, 0) is 304 Å². The number of ether oxygens (including phenoxy) is 5. The lowest BCUT2D eigenvalue weighted by Crippen LogP contribution is -2.33. The number of methoxy groups -OCH3 is 5. The lowest BCUT2D eigenvalue weighted by atomic mass is 9.84. The number of aryl methyl sites for hydroxylation is 20. The first-order valence-corrected chi connectivity index (χ1v) is 48.1. The van der Waals surface area contributed by atoms with Crippen LogP contribution >= 0.6 is 0 Å². The van der Waals surface area contributed by atoms with Crippen molar-refractivity contribution in [3.63, 3.8) is 0 Å². The van der Waals surface area contributed by atoms with Crippen LogP contribution in [0.5, 0.6) is 28.7 Å². The zero-order valence-corrected chi connectivity index (χ0v) is 85.9. The molecule has 692 valence electrons. The third-order valence-electron chi connectivity index (χ3n) is 27.4. The summed E-state index contributed by atoms with van der Waals surface area (Å²) in [4.78, 5) is 0. The van der Waals surface area contributed by atoms with Crippen LogP contribution in [0.2, 0.25) is 0 Å². The molecule has 9 nitrogen and oxygen atoms in total. The van der Waals surface area contributed by atoms with Crippen molar-refractivity contribution in [2.24, 2.45) is 0 Å². The zero-order chi connectivity index (χ0) is 98.0. The van der Waals surface area contributed by atoms with Crippen LogP contribution in [-0.4, -0.2) is 35.5 Å². The van der Waals surface area contributed by atoms with Crippen LogP contribution in [0.1, 0.15) is 138 Å². The lowest BCUT2D eigenvalue weighted by Gasteiger charge is -2.21. The number of nitrogens with zero attached hydrogens (tertiary/aromatic N) is 4. The third-order valence-corrected chi connectivity index (χ3v) is 27.4. The number of pyridine rings is 4. The van der Waals surface area contributed by atoms with Crippen LogP contribution in [-0.2, 0) is 5.41 Å². The second kappa shape index (κ2) is 38.4. The maximum atomic E-state index is 6.10. The molecule has 138 heavy (non-hydrogen) atoms. The number of benzene rings is 16. The van der Waals surface area contributed by atoms with E-state index in [1.54, 1.807) is 35.5 Å². The Bertz CT molecular complexity index is 7990. The molecule has 0 atom stereocenters. The highest BCUT2D eigenvalue weighted by Gasteiger charge is 2.36. The van der Waals surface area contributed by atoms with Crippen molar-refractivity contribution in [1.29, 1.82) is 0 Å². The van der Waals surface area contributed by atoms with Crippen LogP contribution in [0.4, 0.5) is 0 Å². The fourth-order valence-electron chi connectivity index (χ4n) is 22.0. The molecule has 4 heterocycles. The molecule has 0 radical (unpaired) electrons. The molecule has 4 aromatic heterocycles. The molecule has 0 saturated heterocycles. The molecule has 0 aliphatic heterocycles. The monoisotopic (exact) mass is 1820 g/mol.